The molecule has 0 spiro atoms. The van der Waals surface area contributed by atoms with E-state index in [-0.39, 0.29) is 0 Å². The first-order valence-corrected chi connectivity index (χ1v) is 5.28. The summed E-state index contributed by atoms with van der Waals surface area (Å²) in [5.41, 5.74) is 1.23. The van der Waals surface area contributed by atoms with Crippen LogP contribution in [0, 0.1) is 0 Å². The third kappa shape index (κ3) is 2.46. The SMILES string of the molecule is Cn1cnnc1CNCCc1ccnn1C. The smallest absolute Gasteiger partial charge is 0.146 e. The molecule has 0 saturated heterocycles. The Hall–Kier alpha value is -1.69. The highest BCUT2D eigenvalue weighted by Crippen LogP contribution is 1.96. The van der Waals surface area contributed by atoms with Crippen molar-refractivity contribution >= 4 is 0 Å². The molecule has 0 amide bonds. The van der Waals surface area contributed by atoms with E-state index in [2.05, 4.69) is 20.6 Å². The van der Waals surface area contributed by atoms with Crippen molar-refractivity contribution in [2.75, 3.05) is 6.54 Å². The molecule has 0 fully saturated rings. The third-order valence-electron chi connectivity index (χ3n) is 2.57. The molecule has 0 radical (unpaired) electrons. The fourth-order valence-electron chi connectivity index (χ4n) is 1.53. The van der Waals surface area contributed by atoms with Gasteiger partial charge in [0.25, 0.3) is 0 Å². The molecule has 0 aliphatic heterocycles. The van der Waals surface area contributed by atoms with E-state index in [1.165, 1.54) is 5.69 Å². The molecule has 6 nitrogen and oxygen atoms in total. The summed E-state index contributed by atoms with van der Waals surface area (Å²) in [6, 6.07) is 2.03. The van der Waals surface area contributed by atoms with Gasteiger partial charge in [0.1, 0.15) is 12.2 Å². The lowest BCUT2D eigenvalue weighted by atomic mass is 10.3. The van der Waals surface area contributed by atoms with Gasteiger partial charge in [0.2, 0.25) is 0 Å². The van der Waals surface area contributed by atoms with Crippen LogP contribution in [0.15, 0.2) is 18.6 Å². The Labute approximate surface area is 94.3 Å². The van der Waals surface area contributed by atoms with Gasteiger partial charge in [-0.25, -0.2) is 0 Å². The zero-order chi connectivity index (χ0) is 11.4. The van der Waals surface area contributed by atoms with E-state index >= 15 is 0 Å². The summed E-state index contributed by atoms with van der Waals surface area (Å²) in [7, 11) is 3.90. The number of nitrogens with one attached hydrogen (secondary N) is 1. The highest BCUT2D eigenvalue weighted by atomic mass is 15.3. The first-order valence-electron chi connectivity index (χ1n) is 5.28. The monoisotopic (exact) mass is 220 g/mol. The van der Waals surface area contributed by atoms with Crippen LogP contribution in [-0.4, -0.2) is 31.1 Å². The topological polar surface area (TPSA) is 60.6 Å². The van der Waals surface area contributed by atoms with Gasteiger partial charge < -0.3 is 9.88 Å². The minimum Gasteiger partial charge on any atom is -0.320 e. The maximum Gasteiger partial charge on any atom is 0.146 e. The van der Waals surface area contributed by atoms with E-state index in [0.717, 1.165) is 25.3 Å². The lowest BCUT2D eigenvalue weighted by molar-refractivity contribution is 0.614. The highest BCUT2D eigenvalue weighted by molar-refractivity contribution is 5.00. The Bertz CT molecular complexity index is 401. The second-order valence-corrected chi connectivity index (χ2v) is 3.73. The van der Waals surface area contributed by atoms with Crippen LogP contribution in [0.25, 0.3) is 0 Å². The van der Waals surface area contributed by atoms with Crippen molar-refractivity contribution in [2.45, 2.75) is 13.0 Å². The molecule has 6 heteroatoms. The molecule has 2 heterocycles. The van der Waals surface area contributed by atoms with Crippen LogP contribution in [0.5, 0.6) is 0 Å². The second-order valence-electron chi connectivity index (χ2n) is 3.73. The number of nitrogens with zero attached hydrogens (tertiary/aromatic N) is 5. The summed E-state index contributed by atoms with van der Waals surface area (Å²) in [4.78, 5) is 0. The largest absolute Gasteiger partial charge is 0.320 e. The van der Waals surface area contributed by atoms with Crippen LogP contribution in [-0.2, 0) is 27.1 Å². The van der Waals surface area contributed by atoms with Gasteiger partial charge >= 0.3 is 0 Å². The Morgan fingerprint density at radius 1 is 1.38 bits per heavy atom. The van der Waals surface area contributed by atoms with Gasteiger partial charge in [-0.05, 0) is 6.07 Å². The molecule has 16 heavy (non-hydrogen) atoms. The summed E-state index contributed by atoms with van der Waals surface area (Å²) in [5, 5.41) is 15.3. The Morgan fingerprint density at radius 2 is 2.25 bits per heavy atom. The van der Waals surface area contributed by atoms with E-state index in [1.807, 2.05) is 35.6 Å². The van der Waals surface area contributed by atoms with E-state index in [4.69, 9.17) is 0 Å². The number of rotatable bonds is 5. The van der Waals surface area contributed by atoms with Gasteiger partial charge in [-0.3, -0.25) is 4.68 Å². The summed E-state index contributed by atoms with van der Waals surface area (Å²) in [6.07, 6.45) is 4.49. The summed E-state index contributed by atoms with van der Waals surface area (Å²) < 4.78 is 3.81. The first kappa shape index (κ1) is 10.8. The van der Waals surface area contributed by atoms with Gasteiger partial charge in [-0.1, -0.05) is 0 Å². The highest BCUT2D eigenvalue weighted by Gasteiger charge is 2.00. The van der Waals surface area contributed by atoms with Crippen molar-refractivity contribution in [3.05, 3.63) is 30.1 Å². The molecule has 2 rings (SSSR count). The second kappa shape index (κ2) is 4.89. The summed E-state index contributed by atoms with van der Waals surface area (Å²) in [6.45, 7) is 1.65. The fraction of sp³-hybridized carbons (Fsp3) is 0.500. The number of hydrogen-bond acceptors (Lipinski definition) is 4. The lowest BCUT2D eigenvalue weighted by Crippen LogP contribution is -2.19. The molecular weight excluding hydrogens is 204 g/mol. The molecule has 2 aromatic rings. The van der Waals surface area contributed by atoms with Crippen LogP contribution in [0.1, 0.15) is 11.5 Å². The number of aryl methyl sites for hydroxylation is 2. The molecule has 0 unspecified atom stereocenters. The zero-order valence-corrected chi connectivity index (χ0v) is 9.59. The zero-order valence-electron chi connectivity index (χ0n) is 9.59. The molecule has 0 saturated carbocycles. The average molecular weight is 220 g/mol. The first-order chi connectivity index (χ1) is 7.77. The van der Waals surface area contributed by atoms with Crippen molar-refractivity contribution in [3.63, 3.8) is 0 Å². The van der Waals surface area contributed by atoms with Gasteiger partial charge in [0, 0.05) is 39.0 Å². The van der Waals surface area contributed by atoms with E-state index in [9.17, 15) is 0 Å². The molecule has 2 aromatic heterocycles. The van der Waals surface area contributed by atoms with Crippen molar-refractivity contribution in [2.24, 2.45) is 14.1 Å². The molecule has 0 aliphatic carbocycles. The summed E-state index contributed by atoms with van der Waals surface area (Å²) in [5.74, 6) is 0.949. The van der Waals surface area contributed by atoms with Crippen LogP contribution < -0.4 is 5.32 Å². The maximum atomic E-state index is 4.12. The summed E-state index contributed by atoms with van der Waals surface area (Å²) >= 11 is 0. The molecular formula is C10H16N6. The number of hydrogen-bond donors (Lipinski definition) is 1. The minimum absolute atomic E-state index is 0.744. The van der Waals surface area contributed by atoms with Crippen LogP contribution >= 0.6 is 0 Å². The predicted molar refractivity (Wildman–Crippen MR) is 59.6 cm³/mol. The Morgan fingerprint density at radius 3 is 2.88 bits per heavy atom. The van der Waals surface area contributed by atoms with Crippen molar-refractivity contribution in [1.82, 2.24) is 29.9 Å². The van der Waals surface area contributed by atoms with Crippen molar-refractivity contribution < 1.29 is 0 Å². The van der Waals surface area contributed by atoms with Gasteiger partial charge in [-0.15, -0.1) is 10.2 Å². The molecule has 86 valence electrons. The molecule has 0 bridgehead atoms. The van der Waals surface area contributed by atoms with Gasteiger partial charge in [-0.2, -0.15) is 5.10 Å². The standard InChI is InChI=1S/C10H16N6/c1-15-8-12-14-10(15)7-11-5-3-9-4-6-13-16(9)2/h4,6,8,11H,3,5,7H2,1-2H3. The maximum absolute atomic E-state index is 4.12. The molecule has 0 aromatic carbocycles. The van der Waals surface area contributed by atoms with Crippen molar-refractivity contribution in [1.29, 1.82) is 0 Å². The molecule has 0 aliphatic rings. The quantitative estimate of drug-likeness (QED) is 0.714. The van der Waals surface area contributed by atoms with E-state index in [1.54, 1.807) is 6.33 Å². The van der Waals surface area contributed by atoms with Gasteiger partial charge in [0.05, 0.1) is 6.54 Å². The van der Waals surface area contributed by atoms with Gasteiger partial charge in [0.15, 0.2) is 0 Å². The normalized spacial score (nSPS) is 10.9. The van der Waals surface area contributed by atoms with Crippen molar-refractivity contribution in [3.8, 4) is 0 Å². The van der Waals surface area contributed by atoms with Crippen LogP contribution in [0.2, 0.25) is 0 Å². The third-order valence-corrected chi connectivity index (χ3v) is 2.57. The predicted octanol–water partition coefficient (Wildman–Crippen LogP) is -0.119. The van der Waals surface area contributed by atoms with Crippen LogP contribution in [0.4, 0.5) is 0 Å². The van der Waals surface area contributed by atoms with E-state index in [0.29, 0.717) is 0 Å². The Balaban J connectivity index is 1.74. The number of aromatic nitrogens is 5. The van der Waals surface area contributed by atoms with E-state index < -0.39 is 0 Å². The molecule has 0 atom stereocenters. The average Bonchev–Trinajstić information content (AvgIpc) is 2.84. The minimum atomic E-state index is 0.744. The lowest BCUT2D eigenvalue weighted by Gasteiger charge is -2.04. The van der Waals surface area contributed by atoms with Crippen LogP contribution in [0.3, 0.4) is 0 Å². The molecule has 1 N–H and O–H groups in total. The fourth-order valence-corrected chi connectivity index (χ4v) is 1.53. The Kier molecular flexibility index (Phi) is 3.31.